The molecule has 21 heavy (non-hydrogen) atoms. The van der Waals surface area contributed by atoms with Crippen molar-refractivity contribution in [2.24, 2.45) is 0 Å². The van der Waals surface area contributed by atoms with E-state index in [4.69, 9.17) is 0 Å². The van der Waals surface area contributed by atoms with E-state index in [2.05, 4.69) is 20.3 Å². The Labute approximate surface area is 122 Å². The van der Waals surface area contributed by atoms with Crippen LogP contribution in [0.25, 0.3) is 0 Å². The zero-order valence-electron chi connectivity index (χ0n) is 12.3. The van der Waals surface area contributed by atoms with Crippen LogP contribution in [0.4, 0.5) is 5.69 Å². The van der Waals surface area contributed by atoms with Gasteiger partial charge in [-0.05, 0) is 20.8 Å². The van der Waals surface area contributed by atoms with E-state index in [0.717, 1.165) is 11.4 Å². The molecule has 0 amide bonds. The Morgan fingerprint density at radius 2 is 1.86 bits per heavy atom. The summed E-state index contributed by atoms with van der Waals surface area (Å²) in [5.74, 6) is 0. The zero-order valence-corrected chi connectivity index (χ0v) is 12.3. The molecule has 0 aromatic carbocycles. The largest absolute Gasteiger partial charge is 0.305 e. The molecular formula is C14H17N5O2. The first-order chi connectivity index (χ1) is 9.99. The van der Waals surface area contributed by atoms with E-state index in [1.165, 1.54) is 6.20 Å². The van der Waals surface area contributed by atoms with Gasteiger partial charge in [-0.25, -0.2) is 0 Å². The number of nitrogens with zero attached hydrogens (tertiary/aromatic N) is 4. The van der Waals surface area contributed by atoms with E-state index >= 15 is 0 Å². The van der Waals surface area contributed by atoms with Gasteiger partial charge in [0, 0.05) is 42.8 Å². The molecule has 0 fully saturated rings. The molecule has 0 aliphatic heterocycles. The minimum absolute atomic E-state index is 0.136. The Kier molecular flexibility index (Phi) is 4.54. The van der Waals surface area contributed by atoms with Gasteiger partial charge in [-0.15, -0.1) is 0 Å². The maximum atomic E-state index is 11.1. The normalized spacial score (nSPS) is 10.6. The fourth-order valence-electron chi connectivity index (χ4n) is 2.04. The highest BCUT2D eigenvalue weighted by atomic mass is 16.6. The lowest BCUT2D eigenvalue weighted by Crippen LogP contribution is -2.16. The predicted octanol–water partition coefficient (Wildman–Crippen LogP) is 1.99. The summed E-state index contributed by atoms with van der Waals surface area (Å²) in [7, 11) is 0. The Hall–Kier alpha value is -2.41. The average Bonchev–Trinajstić information content (AvgIpc) is 2.43. The molecule has 7 nitrogen and oxygen atoms in total. The summed E-state index contributed by atoms with van der Waals surface area (Å²) in [5.41, 5.74) is 3.67. The standard InChI is InChI=1S/C14H17N5O2/c1-9-4-18-13(11(3)14(9)19(20)21)8-15-6-12-7-16-10(2)5-17-12/h4-5,7,15H,6,8H2,1-3H3. The average molecular weight is 287 g/mol. The fraction of sp³-hybridized carbons (Fsp3) is 0.357. The first kappa shape index (κ1) is 15.0. The van der Waals surface area contributed by atoms with Crippen molar-refractivity contribution in [3.63, 3.8) is 0 Å². The maximum absolute atomic E-state index is 11.1. The summed E-state index contributed by atoms with van der Waals surface area (Å²) < 4.78 is 0. The maximum Gasteiger partial charge on any atom is 0.278 e. The highest BCUT2D eigenvalue weighted by molar-refractivity contribution is 5.47. The molecule has 2 aromatic rings. The van der Waals surface area contributed by atoms with Crippen molar-refractivity contribution in [2.45, 2.75) is 33.9 Å². The van der Waals surface area contributed by atoms with Crippen molar-refractivity contribution in [1.29, 1.82) is 0 Å². The number of nitro groups is 1. The van der Waals surface area contributed by atoms with E-state index in [1.807, 2.05) is 6.92 Å². The number of nitrogens with one attached hydrogen (secondary N) is 1. The predicted molar refractivity (Wildman–Crippen MR) is 77.7 cm³/mol. The molecule has 0 bridgehead atoms. The number of hydrogen-bond donors (Lipinski definition) is 1. The number of pyridine rings is 1. The topological polar surface area (TPSA) is 93.8 Å². The number of aromatic nitrogens is 3. The summed E-state index contributed by atoms with van der Waals surface area (Å²) in [6, 6.07) is 0. The van der Waals surface area contributed by atoms with Crippen LogP contribution in [-0.2, 0) is 13.1 Å². The van der Waals surface area contributed by atoms with Crippen molar-refractivity contribution >= 4 is 5.69 Å². The molecule has 0 aliphatic rings. The molecule has 0 saturated carbocycles. The third-order valence-electron chi connectivity index (χ3n) is 3.19. The monoisotopic (exact) mass is 287 g/mol. The summed E-state index contributed by atoms with van der Waals surface area (Å²) in [6.07, 6.45) is 4.95. The van der Waals surface area contributed by atoms with E-state index in [-0.39, 0.29) is 10.6 Å². The molecule has 0 radical (unpaired) electrons. The number of rotatable bonds is 5. The molecule has 2 heterocycles. The second kappa shape index (κ2) is 6.36. The van der Waals surface area contributed by atoms with Crippen molar-refractivity contribution in [3.05, 3.63) is 56.9 Å². The van der Waals surface area contributed by atoms with Crippen LogP contribution in [0.2, 0.25) is 0 Å². The van der Waals surface area contributed by atoms with E-state index in [1.54, 1.807) is 26.2 Å². The molecule has 0 unspecified atom stereocenters. The van der Waals surface area contributed by atoms with Gasteiger partial charge in [0.2, 0.25) is 0 Å². The lowest BCUT2D eigenvalue weighted by molar-refractivity contribution is -0.386. The van der Waals surface area contributed by atoms with Crippen molar-refractivity contribution in [1.82, 2.24) is 20.3 Å². The van der Waals surface area contributed by atoms with Gasteiger partial charge in [0.1, 0.15) is 0 Å². The quantitative estimate of drug-likeness (QED) is 0.667. The first-order valence-electron chi connectivity index (χ1n) is 6.56. The zero-order chi connectivity index (χ0) is 15.4. The summed E-state index contributed by atoms with van der Waals surface area (Å²) in [5, 5.41) is 14.2. The third kappa shape index (κ3) is 3.57. The smallest absolute Gasteiger partial charge is 0.278 e. The van der Waals surface area contributed by atoms with Gasteiger partial charge in [0.15, 0.2) is 0 Å². The molecule has 2 rings (SSSR count). The van der Waals surface area contributed by atoms with Crippen LogP contribution < -0.4 is 5.32 Å². The van der Waals surface area contributed by atoms with Crippen LogP contribution in [0, 0.1) is 30.9 Å². The Balaban J connectivity index is 2.05. The highest BCUT2D eigenvalue weighted by Crippen LogP contribution is 2.23. The minimum atomic E-state index is -0.360. The second-order valence-electron chi connectivity index (χ2n) is 4.87. The highest BCUT2D eigenvalue weighted by Gasteiger charge is 2.18. The van der Waals surface area contributed by atoms with Crippen LogP contribution in [0.5, 0.6) is 0 Å². The minimum Gasteiger partial charge on any atom is -0.305 e. The van der Waals surface area contributed by atoms with Gasteiger partial charge in [-0.3, -0.25) is 25.1 Å². The van der Waals surface area contributed by atoms with Gasteiger partial charge in [0.25, 0.3) is 5.69 Å². The molecule has 2 aromatic heterocycles. The molecule has 0 spiro atoms. The molecule has 0 aliphatic carbocycles. The number of hydrogen-bond acceptors (Lipinski definition) is 6. The lowest BCUT2D eigenvalue weighted by Gasteiger charge is -2.08. The summed E-state index contributed by atoms with van der Waals surface area (Å²) >= 11 is 0. The van der Waals surface area contributed by atoms with E-state index in [9.17, 15) is 10.1 Å². The van der Waals surface area contributed by atoms with Gasteiger partial charge in [-0.2, -0.15) is 0 Å². The fourth-order valence-corrected chi connectivity index (χ4v) is 2.04. The van der Waals surface area contributed by atoms with Crippen LogP contribution in [0.3, 0.4) is 0 Å². The van der Waals surface area contributed by atoms with Crippen molar-refractivity contribution in [3.8, 4) is 0 Å². The Bertz CT molecular complexity index is 655. The molecule has 1 N–H and O–H groups in total. The summed E-state index contributed by atoms with van der Waals surface area (Å²) in [4.78, 5) is 23.4. The SMILES string of the molecule is Cc1cnc(CNCc2ncc(C)c([N+](=O)[O-])c2C)cn1. The molecule has 110 valence electrons. The van der Waals surface area contributed by atoms with Crippen molar-refractivity contribution < 1.29 is 4.92 Å². The number of aryl methyl sites for hydroxylation is 2. The second-order valence-corrected chi connectivity index (χ2v) is 4.87. The van der Waals surface area contributed by atoms with Crippen LogP contribution >= 0.6 is 0 Å². The third-order valence-corrected chi connectivity index (χ3v) is 3.19. The first-order valence-corrected chi connectivity index (χ1v) is 6.56. The van der Waals surface area contributed by atoms with Gasteiger partial charge in [-0.1, -0.05) is 0 Å². The lowest BCUT2D eigenvalue weighted by atomic mass is 10.1. The summed E-state index contributed by atoms with van der Waals surface area (Å²) in [6.45, 7) is 6.28. The van der Waals surface area contributed by atoms with Gasteiger partial charge in [0.05, 0.1) is 22.0 Å². The Morgan fingerprint density at radius 3 is 2.48 bits per heavy atom. The molecule has 7 heteroatoms. The molecule has 0 atom stereocenters. The molecule has 0 saturated heterocycles. The van der Waals surface area contributed by atoms with Crippen molar-refractivity contribution in [2.75, 3.05) is 0 Å². The van der Waals surface area contributed by atoms with E-state index in [0.29, 0.717) is 29.9 Å². The van der Waals surface area contributed by atoms with Gasteiger partial charge >= 0.3 is 0 Å². The van der Waals surface area contributed by atoms with Crippen LogP contribution in [0.15, 0.2) is 18.6 Å². The van der Waals surface area contributed by atoms with E-state index < -0.39 is 0 Å². The van der Waals surface area contributed by atoms with Gasteiger partial charge < -0.3 is 5.32 Å². The van der Waals surface area contributed by atoms with Crippen LogP contribution in [-0.4, -0.2) is 19.9 Å². The molecular weight excluding hydrogens is 270 g/mol. The Morgan fingerprint density at radius 1 is 1.10 bits per heavy atom. The van der Waals surface area contributed by atoms with Crippen LogP contribution in [0.1, 0.15) is 28.2 Å².